The van der Waals surface area contributed by atoms with Gasteiger partial charge in [0.25, 0.3) is 25.2 Å². The quantitative estimate of drug-likeness (QED) is 0.117. The van der Waals surface area contributed by atoms with Crippen molar-refractivity contribution in [1.82, 2.24) is 0 Å². The van der Waals surface area contributed by atoms with Gasteiger partial charge in [-0.25, -0.2) is 0 Å². The van der Waals surface area contributed by atoms with E-state index in [1.54, 1.807) is 28.7 Å². The van der Waals surface area contributed by atoms with Gasteiger partial charge in [0, 0.05) is 44.6 Å². The van der Waals surface area contributed by atoms with Crippen LogP contribution < -0.4 is 9.47 Å². The van der Waals surface area contributed by atoms with Crippen molar-refractivity contribution in [2.75, 3.05) is 23.0 Å². The van der Waals surface area contributed by atoms with E-state index in [2.05, 4.69) is 40.3 Å². The number of fused-ring (bicyclic) bond motifs is 3. The van der Waals surface area contributed by atoms with Crippen molar-refractivity contribution in [3.05, 3.63) is 81.1 Å². The number of benzene rings is 3. The van der Waals surface area contributed by atoms with Crippen molar-refractivity contribution >= 4 is 98.3 Å². The predicted molar refractivity (Wildman–Crippen MR) is 178 cm³/mol. The summed E-state index contributed by atoms with van der Waals surface area (Å²) in [4.78, 5) is 2.96. The Morgan fingerprint density at radius 3 is 2.47 bits per heavy atom. The van der Waals surface area contributed by atoms with Crippen LogP contribution in [-0.4, -0.2) is 44.0 Å². The minimum Gasteiger partial charge on any atom is -0.335 e. The molecule has 0 saturated heterocycles. The van der Waals surface area contributed by atoms with Gasteiger partial charge in [-0.05, 0) is 47.7 Å². The third-order valence-corrected chi connectivity index (χ3v) is 12.1. The van der Waals surface area contributed by atoms with E-state index >= 15 is 0 Å². The van der Waals surface area contributed by atoms with Crippen molar-refractivity contribution in [3.8, 4) is 11.1 Å². The minimum absolute atomic E-state index is 0.210. The number of nitrogens with zero attached hydrogens (tertiary/aromatic N) is 2. The highest BCUT2D eigenvalue weighted by Crippen LogP contribution is 2.48. The van der Waals surface area contributed by atoms with Crippen molar-refractivity contribution < 1.29 is 30.5 Å². The molecule has 8 nitrogen and oxygen atoms in total. The van der Waals surface area contributed by atoms with Gasteiger partial charge in [0.15, 0.2) is 6.54 Å². The van der Waals surface area contributed by atoms with Crippen LogP contribution in [0.5, 0.6) is 0 Å². The topological polar surface area (TPSA) is 116 Å². The first-order valence-corrected chi connectivity index (χ1v) is 19.4. The van der Waals surface area contributed by atoms with Crippen LogP contribution >= 0.6 is 46.0 Å². The summed E-state index contributed by atoms with van der Waals surface area (Å²) in [5, 5.41) is 5.59. The number of aryl methyl sites for hydroxylation is 1. The molecule has 0 radical (unpaired) electrons. The maximum atomic E-state index is 11.5. The van der Waals surface area contributed by atoms with E-state index in [0.717, 1.165) is 42.0 Å². The third kappa shape index (κ3) is 6.94. The van der Waals surface area contributed by atoms with Crippen molar-refractivity contribution in [1.29, 1.82) is 0 Å². The molecule has 1 aliphatic rings. The standard InChI is InChI=1S/C29H25ClN2O6S5/c30-20-8-10-27-24(16-20)32(12-4-14-43(36,37)38)29(41-27)17-28-31(11-3-13-42(33,34)35)23-15-19(7-9-26(23)40-28)22-18-39-25-6-2-1-5-21(22)25/h1-2,5-10,15-18H,3-4,11-14H2,(H-,33,34,35,36,37,38)/p+1. The highest BCUT2D eigenvalue weighted by Gasteiger charge is 2.29. The van der Waals surface area contributed by atoms with E-state index in [0.29, 0.717) is 18.1 Å². The molecule has 0 bridgehead atoms. The lowest BCUT2D eigenvalue weighted by atomic mass is 10.0. The van der Waals surface area contributed by atoms with E-state index in [-0.39, 0.29) is 24.3 Å². The maximum absolute atomic E-state index is 11.5. The Bertz CT molecular complexity index is 2100. The molecule has 6 rings (SSSR count). The molecule has 2 N–H and O–H groups in total. The Kier molecular flexibility index (Phi) is 8.61. The van der Waals surface area contributed by atoms with E-state index < -0.39 is 20.2 Å². The Morgan fingerprint density at radius 1 is 0.907 bits per heavy atom. The molecular formula is C29H26ClN2O6S5+. The average Bonchev–Trinajstić information content (AvgIpc) is 3.61. The molecule has 3 heterocycles. The second kappa shape index (κ2) is 12.1. The largest absolute Gasteiger partial charge is 0.335 e. The number of aromatic nitrogens is 1. The summed E-state index contributed by atoms with van der Waals surface area (Å²) < 4.78 is 68.9. The van der Waals surface area contributed by atoms with Crippen LogP contribution in [0, 0.1) is 0 Å². The Labute approximate surface area is 266 Å². The monoisotopic (exact) mass is 693 g/mol. The SMILES string of the molecule is O=S(=O)(O)CCCN1C(=Cc2sc3ccc(-c4csc5ccccc45)cc3[n+]2CCCS(=O)(=O)O)Sc2ccc(Cl)cc21. The van der Waals surface area contributed by atoms with Gasteiger partial charge in [-0.15, -0.1) is 11.3 Å². The first-order valence-electron chi connectivity index (χ1n) is 13.3. The Hall–Kier alpha value is -2.49. The summed E-state index contributed by atoms with van der Waals surface area (Å²) in [6.45, 7) is 0.702. The maximum Gasteiger partial charge on any atom is 0.265 e. The zero-order chi connectivity index (χ0) is 30.4. The van der Waals surface area contributed by atoms with Crippen molar-refractivity contribution in [2.45, 2.75) is 24.3 Å². The lowest BCUT2D eigenvalue weighted by molar-refractivity contribution is -0.668. The lowest BCUT2D eigenvalue weighted by Gasteiger charge is -2.20. The summed E-state index contributed by atoms with van der Waals surface area (Å²) in [7, 11) is -8.23. The van der Waals surface area contributed by atoms with Gasteiger partial charge in [0.2, 0.25) is 5.52 Å². The number of thiazole rings is 1. The second-order valence-corrected chi connectivity index (χ2v) is 16.7. The number of halogens is 1. The van der Waals surface area contributed by atoms with Crippen LogP contribution in [-0.2, 0) is 26.8 Å². The van der Waals surface area contributed by atoms with Crippen LogP contribution in [0.1, 0.15) is 17.8 Å². The van der Waals surface area contributed by atoms with Gasteiger partial charge in [0.1, 0.15) is 4.70 Å². The molecular weight excluding hydrogens is 668 g/mol. The van der Waals surface area contributed by atoms with E-state index in [1.165, 1.54) is 21.8 Å². The minimum atomic E-state index is -4.12. The smallest absolute Gasteiger partial charge is 0.265 e. The van der Waals surface area contributed by atoms with Crippen molar-refractivity contribution in [3.63, 3.8) is 0 Å². The zero-order valence-corrected chi connectivity index (χ0v) is 27.4. The Morgan fingerprint density at radius 2 is 1.67 bits per heavy atom. The lowest BCUT2D eigenvalue weighted by Crippen LogP contribution is -2.36. The summed E-state index contributed by atoms with van der Waals surface area (Å²) in [6, 6.07) is 20.1. The molecule has 0 atom stereocenters. The van der Waals surface area contributed by atoms with Crippen LogP contribution in [0.15, 0.2) is 76.0 Å². The van der Waals surface area contributed by atoms with Crippen LogP contribution in [0.4, 0.5) is 5.69 Å². The molecule has 0 unspecified atom stereocenters. The molecule has 14 heteroatoms. The number of rotatable bonds is 10. The molecule has 2 aromatic heterocycles. The summed E-state index contributed by atoms with van der Waals surface area (Å²) in [6.07, 6.45) is 2.45. The molecule has 43 heavy (non-hydrogen) atoms. The fourth-order valence-electron chi connectivity index (χ4n) is 5.14. The Balaban J connectivity index is 1.43. The van der Waals surface area contributed by atoms with Crippen LogP contribution in [0.2, 0.25) is 5.02 Å². The van der Waals surface area contributed by atoms with Crippen LogP contribution in [0.3, 0.4) is 0 Å². The highest BCUT2D eigenvalue weighted by molar-refractivity contribution is 8.04. The number of hydrogen-bond donors (Lipinski definition) is 2. The van der Waals surface area contributed by atoms with Gasteiger partial charge in [0.05, 0.1) is 28.3 Å². The van der Waals surface area contributed by atoms with E-state index in [9.17, 15) is 25.9 Å². The molecule has 0 fully saturated rings. The molecule has 5 aromatic rings. The number of hydrogen-bond acceptors (Lipinski definition) is 8. The second-order valence-electron chi connectivity index (χ2n) is 10.0. The van der Waals surface area contributed by atoms with E-state index in [1.807, 2.05) is 35.2 Å². The fourth-order valence-corrected chi connectivity index (χ4v) is 9.55. The molecule has 0 amide bonds. The first kappa shape index (κ1) is 30.5. The molecule has 0 spiro atoms. The van der Waals surface area contributed by atoms with Crippen LogP contribution in [0.25, 0.3) is 37.5 Å². The fraction of sp³-hybridized carbons (Fsp3) is 0.207. The average molecular weight is 694 g/mol. The molecule has 224 valence electrons. The summed E-state index contributed by atoms with van der Waals surface area (Å²) in [5.74, 6) is -0.724. The van der Waals surface area contributed by atoms with Gasteiger partial charge in [-0.1, -0.05) is 59.0 Å². The van der Waals surface area contributed by atoms with E-state index in [4.69, 9.17) is 11.6 Å². The third-order valence-electron chi connectivity index (χ3n) is 7.03. The normalized spacial score (nSPS) is 14.8. The first-order chi connectivity index (χ1) is 20.4. The van der Waals surface area contributed by atoms with Gasteiger partial charge in [-0.2, -0.15) is 21.4 Å². The summed E-state index contributed by atoms with van der Waals surface area (Å²) in [5.41, 5.74) is 3.97. The molecule has 1 aliphatic heterocycles. The number of thiophene rings is 1. The van der Waals surface area contributed by atoms with Crippen molar-refractivity contribution in [2.24, 2.45) is 0 Å². The van der Waals surface area contributed by atoms with Gasteiger partial charge < -0.3 is 4.90 Å². The molecule has 3 aromatic carbocycles. The van der Waals surface area contributed by atoms with Gasteiger partial charge >= 0.3 is 0 Å². The predicted octanol–water partition coefficient (Wildman–Crippen LogP) is 7.19. The number of anilines is 1. The molecule has 0 aliphatic carbocycles. The summed E-state index contributed by atoms with van der Waals surface area (Å²) >= 11 is 11.1. The number of thioether (sulfide) groups is 1. The highest BCUT2D eigenvalue weighted by atomic mass is 35.5. The zero-order valence-electron chi connectivity index (χ0n) is 22.5. The molecule has 0 saturated carbocycles. The van der Waals surface area contributed by atoms with Gasteiger partial charge in [-0.3, -0.25) is 9.11 Å².